The molecule has 0 heterocycles. The Morgan fingerprint density at radius 3 is 2.38 bits per heavy atom. The van der Waals surface area contributed by atoms with Crippen molar-refractivity contribution in [2.45, 2.75) is 25.7 Å². The molecule has 13 heavy (non-hydrogen) atoms. The summed E-state index contributed by atoms with van der Waals surface area (Å²) in [4.78, 5) is 0. The first kappa shape index (κ1) is 13.2. The van der Waals surface area contributed by atoms with Crippen LogP contribution in [0.3, 0.4) is 0 Å². The Morgan fingerprint density at radius 2 is 1.92 bits per heavy atom. The fourth-order valence-electron chi connectivity index (χ4n) is 0.957. The number of rotatable bonds is 8. The van der Waals surface area contributed by atoms with Gasteiger partial charge in [0, 0.05) is 26.8 Å². The summed E-state index contributed by atoms with van der Waals surface area (Å²) in [6.07, 6.45) is 3.18. The van der Waals surface area contributed by atoms with Gasteiger partial charge in [-0.15, -0.1) is 0 Å². The van der Waals surface area contributed by atoms with Crippen LogP contribution in [0.15, 0.2) is 0 Å². The summed E-state index contributed by atoms with van der Waals surface area (Å²) in [5.74, 6) is 1.19. The highest BCUT2D eigenvalue weighted by molar-refractivity contribution is 7.98. The van der Waals surface area contributed by atoms with E-state index in [-0.39, 0.29) is 6.29 Å². The minimum Gasteiger partial charge on any atom is -0.355 e. The molecule has 0 rings (SSSR count). The lowest BCUT2D eigenvalue weighted by atomic mass is 10.2. The topological polar surface area (TPSA) is 30.5 Å². The molecule has 1 unspecified atom stereocenters. The molecule has 0 saturated carbocycles. The van der Waals surface area contributed by atoms with Gasteiger partial charge in [-0.05, 0) is 25.4 Å². The highest BCUT2D eigenvalue weighted by Crippen LogP contribution is 2.00. The number of hydrogen-bond donors (Lipinski definition) is 1. The van der Waals surface area contributed by atoms with E-state index in [4.69, 9.17) is 9.47 Å². The van der Waals surface area contributed by atoms with Crippen molar-refractivity contribution in [1.82, 2.24) is 5.32 Å². The van der Waals surface area contributed by atoms with Crippen molar-refractivity contribution in [3.63, 3.8) is 0 Å². The van der Waals surface area contributed by atoms with Gasteiger partial charge in [0.2, 0.25) is 0 Å². The van der Waals surface area contributed by atoms with Crippen molar-refractivity contribution >= 4 is 11.8 Å². The largest absolute Gasteiger partial charge is 0.355 e. The second kappa shape index (κ2) is 8.81. The first-order valence-electron chi connectivity index (χ1n) is 4.52. The Kier molecular flexibility index (Phi) is 8.97. The van der Waals surface area contributed by atoms with E-state index in [0.717, 1.165) is 6.54 Å². The Bertz CT molecular complexity index is 110. The summed E-state index contributed by atoms with van der Waals surface area (Å²) in [5.41, 5.74) is 0. The van der Waals surface area contributed by atoms with Gasteiger partial charge >= 0.3 is 0 Å². The van der Waals surface area contributed by atoms with Crippen LogP contribution in [-0.2, 0) is 9.47 Å². The van der Waals surface area contributed by atoms with E-state index in [1.54, 1.807) is 14.2 Å². The molecule has 0 amide bonds. The molecule has 0 radical (unpaired) electrons. The molecule has 0 spiro atoms. The first-order chi connectivity index (χ1) is 6.24. The maximum absolute atomic E-state index is 5.06. The Balaban J connectivity index is 3.38. The summed E-state index contributed by atoms with van der Waals surface area (Å²) in [6, 6.07) is 0.528. The minimum absolute atomic E-state index is 0.128. The van der Waals surface area contributed by atoms with Crippen molar-refractivity contribution < 1.29 is 9.47 Å². The van der Waals surface area contributed by atoms with Crippen molar-refractivity contribution in [2.75, 3.05) is 32.8 Å². The lowest BCUT2D eigenvalue weighted by Crippen LogP contribution is -2.35. The minimum atomic E-state index is -0.128. The molecular weight excluding hydrogens is 186 g/mol. The fraction of sp³-hybridized carbons (Fsp3) is 1.00. The van der Waals surface area contributed by atoms with Crippen LogP contribution in [0.1, 0.15) is 13.3 Å². The molecule has 0 aliphatic rings. The lowest BCUT2D eigenvalue weighted by molar-refractivity contribution is -0.0997. The van der Waals surface area contributed by atoms with E-state index in [0.29, 0.717) is 6.04 Å². The van der Waals surface area contributed by atoms with Crippen molar-refractivity contribution in [3.05, 3.63) is 0 Å². The van der Waals surface area contributed by atoms with Crippen LogP contribution >= 0.6 is 11.8 Å². The molecule has 4 heteroatoms. The summed E-state index contributed by atoms with van der Waals surface area (Å²) in [7, 11) is 3.31. The molecule has 0 bridgehead atoms. The monoisotopic (exact) mass is 207 g/mol. The molecule has 1 atom stereocenters. The second-order valence-corrected chi connectivity index (χ2v) is 3.98. The van der Waals surface area contributed by atoms with Gasteiger partial charge in [0.15, 0.2) is 6.29 Å². The quantitative estimate of drug-likeness (QED) is 0.608. The molecule has 0 aliphatic heterocycles. The number of nitrogens with one attached hydrogen (secondary N) is 1. The van der Waals surface area contributed by atoms with E-state index in [1.807, 2.05) is 11.8 Å². The zero-order chi connectivity index (χ0) is 10.1. The van der Waals surface area contributed by atoms with E-state index in [1.165, 1.54) is 12.2 Å². The standard InChI is InChI=1S/C9H21NO2S/c1-8(5-6-13-4)10-7-9(11-2)12-3/h8-10H,5-7H2,1-4H3. The molecule has 1 N–H and O–H groups in total. The highest BCUT2D eigenvalue weighted by Gasteiger charge is 2.06. The zero-order valence-corrected chi connectivity index (χ0v) is 9.82. The van der Waals surface area contributed by atoms with Crippen LogP contribution in [0.25, 0.3) is 0 Å². The summed E-state index contributed by atoms with van der Waals surface area (Å²) in [6.45, 7) is 2.93. The number of ether oxygens (including phenoxy) is 2. The average Bonchev–Trinajstić information content (AvgIpc) is 2.16. The predicted molar refractivity (Wildman–Crippen MR) is 58.3 cm³/mol. The highest BCUT2D eigenvalue weighted by atomic mass is 32.2. The van der Waals surface area contributed by atoms with Gasteiger partial charge in [-0.1, -0.05) is 0 Å². The molecule has 80 valence electrons. The smallest absolute Gasteiger partial charge is 0.169 e. The molecule has 0 aromatic carbocycles. The Hall–Kier alpha value is 0.230. The molecule has 0 saturated heterocycles. The fourth-order valence-corrected chi connectivity index (χ4v) is 1.55. The number of thioether (sulfide) groups is 1. The third kappa shape index (κ3) is 7.31. The molecule has 0 fully saturated rings. The second-order valence-electron chi connectivity index (χ2n) is 2.99. The first-order valence-corrected chi connectivity index (χ1v) is 5.91. The average molecular weight is 207 g/mol. The van der Waals surface area contributed by atoms with E-state index in [9.17, 15) is 0 Å². The Morgan fingerprint density at radius 1 is 1.31 bits per heavy atom. The van der Waals surface area contributed by atoms with Crippen LogP contribution in [0.5, 0.6) is 0 Å². The van der Waals surface area contributed by atoms with Gasteiger partial charge in [0.25, 0.3) is 0 Å². The number of hydrogen-bond acceptors (Lipinski definition) is 4. The van der Waals surface area contributed by atoms with Gasteiger partial charge in [-0.25, -0.2) is 0 Å². The SMILES string of the molecule is COC(CNC(C)CCSC)OC. The molecule has 0 aromatic heterocycles. The van der Waals surface area contributed by atoms with Gasteiger partial charge in [0.05, 0.1) is 0 Å². The summed E-state index contributed by atoms with van der Waals surface area (Å²) in [5, 5.41) is 3.36. The third-order valence-corrected chi connectivity index (χ3v) is 2.56. The number of methoxy groups -OCH3 is 2. The molecular formula is C9H21NO2S. The van der Waals surface area contributed by atoms with Crippen LogP contribution in [-0.4, -0.2) is 45.1 Å². The van der Waals surface area contributed by atoms with Crippen LogP contribution in [0.2, 0.25) is 0 Å². The normalized spacial score (nSPS) is 13.6. The summed E-state index contributed by atoms with van der Waals surface area (Å²) >= 11 is 1.87. The zero-order valence-electron chi connectivity index (χ0n) is 9.00. The third-order valence-electron chi connectivity index (χ3n) is 1.91. The maximum Gasteiger partial charge on any atom is 0.169 e. The Labute approximate surface area is 85.6 Å². The van der Waals surface area contributed by atoms with Crippen LogP contribution in [0.4, 0.5) is 0 Å². The summed E-state index contributed by atoms with van der Waals surface area (Å²) < 4.78 is 10.1. The molecule has 0 aromatic rings. The van der Waals surface area contributed by atoms with Gasteiger partial charge in [0.1, 0.15) is 0 Å². The van der Waals surface area contributed by atoms with Crippen LogP contribution in [0, 0.1) is 0 Å². The molecule has 0 aliphatic carbocycles. The lowest BCUT2D eigenvalue weighted by Gasteiger charge is -2.18. The van der Waals surface area contributed by atoms with E-state index < -0.39 is 0 Å². The maximum atomic E-state index is 5.06. The van der Waals surface area contributed by atoms with E-state index >= 15 is 0 Å². The van der Waals surface area contributed by atoms with Crippen molar-refractivity contribution in [2.24, 2.45) is 0 Å². The van der Waals surface area contributed by atoms with Crippen LogP contribution < -0.4 is 5.32 Å². The van der Waals surface area contributed by atoms with Crippen molar-refractivity contribution in [3.8, 4) is 0 Å². The van der Waals surface area contributed by atoms with E-state index in [2.05, 4.69) is 18.5 Å². The predicted octanol–water partition coefficient (Wildman–Crippen LogP) is 1.34. The van der Waals surface area contributed by atoms with Crippen molar-refractivity contribution in [1.29, 1.82) is 0 Å². The van der Waals surface area contributed by atoms with Gasteiger partial charge < -0.3 is 14.8 Å². The molecule has 3 nitrogen and oxygen atoms in total. The van der Waals surface area contributed by atoms with Gasteiger partial charge in [-0.2, -0.15) is 11.8 Å². The van der Waals surface area contributed by atoms with Gasteiger partial charge in [-0.3, -0.25) is 0 Å².